The molecule has 2 aliphatic rings. The Hall–Kier alpha value is -4.12. The predicted octanol–water partition coefficient (Wildman–Crippen LogP) is 4.58. The van der Waals surface area contributed by atoms with Gasteiger partial charge in [-0.3, -0.25) is 13.9 Å². The summed E-state index contributed by atoms with van der Waals surface area (Å²) in [6.45, 7) is 3.70. The lowest BCUT2D eigenvalue weighted by atomic mass is 10.1. The number of carbonyl (C=O) groups excluding carboxylic acids is 2. The molecule has 43 heavy (non-hydrogen) atoms. The highest BCUT2D eigenvalue weighted by atomic mass is 32.2. The minimum Gasteiger partial charge on any atom is -0.486 e. The van der Waals surface area contributed by atoms with Crippen molar-refractivity contribution in [2.75, 3.05) is 24.1 Å². The van der Waals surface area contributed by atoms with E-state index >= 15 is 0 Å². The van der Waals surface area contributed by atoms with E-state index in [0.29, 0.717) is 12.4 Å². The van der Waals surface area contributed by atoms with Crippen LogP contribution < -0.4 is 19.1 Å². The van der Waals surface area contributed by atoms with E-state index in [-0.39, 0.29) is 41.4 Å². The summed E-state index contributed by atoms with van der Waals surface area (Å²) in [6, 6.07) is 15.9. The molecule has 3 aromatic carbocycles. The molecule has 5 rings (SSSR count). The average molecular weight is 610 g/mol. The Morgan fingerprint density at radius 2 is 1.60 bits per heavy atom. The second kappa shape index (κ2) is 13.0. The van der Waals surface area contributed by atoms with Gasteiger partial charge in [-0.1, -0.05) is 42.7 Å². The van der Waals surface area contributed by atoms with E-state index in [1.807, 2.05) is 31.2 Å². The smallest absolute Gasteiger partial charge is 0.264 e. The first-order chi connectivity index (χ1) is 20.6. The van der Waals surface area contributed by atoms with Crippen LogP contribution in [0.25, 0.3) is 0 Å². The number of halogens is 1. The third-order valence-electron chi connectivity index (χ3n) is 7.84. The fraction of sp³-hybridized carbons (Fsp3) is 0.375. The minimum atomic E-state index is -4.34. The van der Waals surface area contributed by atoms with E-state index in [1.165, 1.54) is 35.2 Å². The molecular weight excluding hydrogens is 573 g/mol. The number of hydrogen-bond acceptors (Lipinski definition) is 6. The van der Waals surface area contributed by atoms with E-state index < -0.39 is 34.3 Å². The summed E-state index contributed by atoms with van der Waals surface area (Å²) >= 11 is 0. The molecule has 9 nitrogen and oxygen atoms in total. The van der Waals surface area contributed by atoms with Gasteiger partial charge in [0.15, 0.2) is 11.5 Å². The van der Waals surface area contributed by atoms with Gasteiger partial charge >= 0.3 is 0 Å². The van der Waals surface area contributed by atoms with Crippen LogP contribution in [0.3, 0.4) is 0 Å². The zero-order chi connectivity index (χ0) is 30.6. The lowest BCUT2D eigenvalue weighted by Gasteiger charge is -2.32. The first-order valence-corrected chi connectivity index (χ1v) is 15.9. The standard InChI is InChI=1S/C32H36FN3O6S/c1-22-7-9-24(10-8-22)20-35(23(2)32(38)34-26-5-3-4-6-26)31(37)21-36(27-13-11-25(33)12-14-27)43(39,40)28-15-16-29-30(19-28)42-18-17-41-29/h7-16,19,23,26H,3-6,17-18,20-21H2,1-2H3,(H,34,38). The Kier molecular flexibility index (Phi) is 9.19. The molecule has 0 radical (unpaired) electrons. The Bertz CT molecular complexity index is 1560. The summed E-state index contributed by atoms with van der Waals surface area (Å²) < 4.78 is 54.1. The number of ether oxygens (including phenoxy) is 2. The molecule has 0 bridgehead atoms. The van der Waals surface area contributed by atoms with Crippen LogP contribution in [-0.4, -0.2) is 57.0 Å². The summed E-state index contributed by atoms with van der Waals surface area (Å²) in [7, 11) is -4.34. The summed E-state index contributed by atoms with van der Waals surface area (Å²) in [4.78, 5) is 28.7. The van der Waals surface area contributed by atoms with E-state index in [0.717, 1.165) is 53.2 Å². The van der Waals surface area contributed by atoms with Crippen molar-refractivity contribution in [3.8, 4) is 11.5 Å². The summed E-state index contributed by atoms with van der Waals surface area (Å²) in [5.74, 6) is -0.739. The fourth-order valence-electron chi connectivity index (χ4n) is 5.31. The molecule has 11 heteroatoms. The van der Waals surface area contributed by atoms with Crippen LogP contribution in [0, 0.1) is 12.7 Å². The van der Waals surface area contributed by atoms with E-state index in [9.17, 15) is 22.4 Å². The Morgan fingerprint density at radius 3 is 2.28 bits per heavy atom. The molecule has 1 N–H and O–H groups in total. The van der Waals surface area contributed by atoms with Crippen LogP contribution in [-0.2, 0) is 26.2 Å². The van der Waals surface area contributed by atoms with Gasteiger partial charge in [0.05, 0.1) is 10.6 Å². The molecule has 2 amide bonds. The Labute approximate surface area is 251 Å². The molecule has 0 saturated heterocycles. The highest BCUT2D eigenvalue weighted by Crippen LogP contribution is 2.34. The molecule has 1 atom stereocenters. The second-order valence-electron chi connectivity index (χ2n) is 11.0. The van der Waals surface area contributed by atoms with Crippen LogP contribution >= 0.6 is 0 Å². The van der Waals surface area contributed by atoms with Crippen molar-refractivity contribution in [2.45, 2.75) is 63.1 Å². The molecule has 1 heterocycles. The largest absolute Gasteiger partial charge is 0.486 e. The maximum atomic E-state index is 14.1. The summed E-state index contributed by atoms with van der Waals surface area (Å²) in [5.41, 5.74) is 1.94. The van der Waals surface area contributed by atoms with Crippen LogP contribution in [0.4, 0.5) is 10.1 Å². The minimum absolute atomic E-state index is 0.0533. The Balaban J connectivity index is 1.48. The number of anilines is 1. The highest BCUT2D eigenvalue weighted by Gasteiger charge is 2.34. The van der Waals surface area contributed by atoms with E-state index in [1.54, 1.807) is 6.92 Å². The molecular formula is C32H36FN3O6S. The topological polar surface area (TPSA) is 105 Å². The molecule has 1 aliphatic heterocycles. The lowest BCUT2D eigenvalue weighted by Crippen LogP contribution is -2.52. The van der Waals surface area contributed by atoms with E-state index in [2.05, 4.69) is 5.32 Å². The Morgan fingerprint density at radius 1 is 0.953 bits per heavy atom. The summed E-state index contributed by atoms with van der Waals surface area (Å²) in [6.07, 6.45) is 3.85. The second-order valence-corrected chi connectivity index (χ2v) is 12.8. The SMILES string of the molecule is Cc1ccc(CN(C(=O)CN(c2ccc(F)cc2)S(=O)(=O)c2ccc3c(c2)OCCO3)C(C)C(=O)NC2CCCC2)cc1. The molecule has 1 aliphatic carbocycles. The quantitative estimate of drug-likeness (QED) is 0.361. The van der Waals surface area contributed by atoms with Gasteiger partial charge in [-0.2, -0.15) is 0 Å². The average Bonchev–Trinajstić information content (AvgIpc) is 3.52. The third-order valence-corrected chi connectivity index (χ3v) is 9.61. The number of amides is 2. The van der Waals surface area contributed by atoms with E-state index in [4.69, 9.17) is 9.47 Å². The van der Waals surface area contributed by atoms with Crippen LogP contribution in [0.5, 0.6) is 11.5 Å². The third kappa shape index (κ3) is 7.10. The number of nitrogens with one attached hydrogen (secondary N) is 1. The zero-order valence-corrected chi connectivity index (χ0v) is 25.1. The maximum Gasteiger partial charge on any atom is 0.264 e. The van der Waals surface area contributed by atoms with Gasteiger partial charge in [0.1, 0.15) is 31.6 Å². The number of fused-ring (bicyclic) bond motifs is 1. The maximum absolute atomic E-state index is 14.1. The van der Waals surface area contributed by atoms with Gasteiger partial charge in [-0.05, 0) is 68.7 Å². The molecule has 1 saturated carbocycles. The predicted molar refractivity (Wildman–Crippen MR) is 160 cm³/mol. The molecule has 0 spiro atoms. The van der Waals surface area contributed by atoms with Gasteiger partial charge in [-0.15, -0.1) is 0 Å². The number of rotatable bonds is 10. The van der Waals surface area contributed by atoms with Gasteiger partial charge in [0.2, 0.25) is 11.8 Å². The van der Waals surface area contributed by atoms with Crippen LogP contribution in [0.1, 0.15) is 43.7 Å². The van der Waals surface area contributed by atoms with Crippen molar-refractivity contribution in [3.05, 3.63) is 83.7 Å². The molecule has 0 aromatic heterocycles. The van der Waals surface area contributed by atoms with Crippen LogP contribution in [0.15, 0.2) is 71.6 Å². The molecule has 3 aromatic rings. The number of sulfonamides is 1. The number of carbonyl (C=O) groups is 2. The number of benzene rings is 3. The van der Waals surface area contributed by atoms with Gasteiger partial charge < -0.3 is 19.7 Å². The van der Waals surface area contributed by atoms with Crippen molar-refractivity contribution in [2.24, 2.45) is 0 Å². The normalized spacial score (nSPS) is 15.5. The zero-order valence-electron chi connectivity index (χ0n) is 24.3. The summed E-state index contributed by atoms with van der Waals surface area (Å²) in [5, 5.41) is 3.05. The fourth-order valence-corrected chi connectivity index (χ4v) is 6.74. The van der Waals surface area contributed by atoms with Crippen molar-refractivity contribution < 1.29 is 31.9 Å². The molecule has 228 valence electrons. The van der Waals surface area contributed by atoms with Crippen LogP contribution in [0.2, 0.25) is 0 Å². The van der Waals surface area contributed by atoms with Crippen molar-refractivity contribution >= 4 is 27.5 Å². The highest BCUT2D eigenvalue weighted by molar-refractivity contribution is 7.92. The number of hydrogen-bond donors (Lipinski definition) is 1. The number of aryl methyl sites for hydroxylation is 1. The monoisotopic (exact) mass is 609 g/mol. The van der Waals surface area contributed by atoms with Gasteiger partial charge in [-0.25, -0.2) is 12.8 Å². The number of nitrogens with zero attached hydrogens (tertiary/aromatic N) is 2. The van der Waals surface area contributed by atoms with Crippen molar-refractivity contribution in [3.63, 3.8) is 0 Å². The lowest BCUT2D eigenvalue weighted by molar-refractivity contribution is -0.139. The van der Waals surface area contributed by atoms with Gasteiger partial charge in [0.25, 0.3) is 10.0 Å². The van der Waals surface area contributed by atoms with Crippen molar-refractivity contribution in [1.82, 2.24) is 10.2 Å². The van der Waals surface area contributed by atoms with Crippen molar-refractivity contribution in [1.29, 1.82) is 0 Å². The first-order valence-electron chi connectivity index (χ1n) is 14.4. The van der Waals surface area contributed by atoms with Gasteiger partial charge in [0, 0.05) is 18.7 Å². The molecule has 1 fully saturated rings. The molecule has 1 unspecified atom stereocenters. The first kappa shape index (κ1) is 30.3.